The zero-order chi connectivity index (χ0) is 13.4. The summed E-state index contributed by atoms with van der Waals surface area (Å²) in [6.07, 6.45) is 1.06. The van der Waals surface area contributed by atoms with Crippen molar-refractivity contribution < 1.29 is 13.9 Å². The van der Waals surface area contributed by atoms with Crippen molar-refractivity contribution in [3.63, 3.8) is 0 Å². The molecule has 0 radical (unpaired) electrons. The molecule has 0 atom stereocenters. The van der Waals surface area contributed by atoms with Crippen LogP contribution in [0.15, 0.2) is 18.2 Å². The number of amides is 1. The van der Waals surface area contributed by atoms with Gasteiger partial charge >= 0.3 is 0 Å². The third-order valence-corrected chi connectivity index (χ3v) is 2.55. The van der Waals surface area contributed by atoms with E-state index in [9.17, 15) is 9.18 Å². The van der Waals surface area contributed by atoms with Gasteiger partial charge in [-0.3, -0.25) is 4.79 Å². The molecular weight excluding hydrogens is 271 g/mol. The number of hydrogen-bond donors (Lipinski definition) is 2. The van der Waals surface area contributed by atoms with Gasteiger partial charge in [0.2, 0.25) is 5.91 Å². The van der Waals surface area contributed by atoms with E-state index >= 15 is 0 Å². The lowest BCUT2D eigenvalue weighted by Gasteiger charge is -2.07. The van der Waals surface area contributed by atoms with Gasteiger partial charge in [-0.15, -0.1) is 12.4 Å². The van der Waals surface area contributed by atoms with Crippen molar-refractivity contribution in [2.24, 2.45) is 0 Å². The Morgan fingerprint density at radius 3 is 2.68 bits per heavy atom. The van der Waals surface area contributed by atoms with E-state index < -0.39 is 0 Å². The highest BCUT2D eigenvalue weighted by molar-refractivity contribution is 5.85. The molecule has 1 aromatic carbocycles. The Kier molecular flexibility index (Phi) is 8.91. The fourth-order valence-electron chi connectivity index (χ4n) is 1.54. The molecule has 0 bridgehead atoms. The smallest absolute Gasteiger partial charge is 0.221 e. The molecule has 6 heteroatoms. The van der Waals surface area contributed by atoms with Gasteiger partial charge in [0.15, 0.2) is 11.6 Å². The molecule has 0 fully saturated rings. The number of nitrogens with one attached hydrogen (secondary N) is 2. The van der Waals surface area contributed by atoms with E-state index in [0.717, 1.165) is 5.56 Å². The molecule has 4 nitrogen and oxygen atoms in total. The van der Waals surface area contributed by atoms with E-state index in [-0.39, 0.29) is 29.9 Å². The third-order valence-electron chi connectivity index (χ3n) is 2.55. The Morgan fingerprint density at radius 2 is 2.11 bits per heavy atom. The molecule has 0 saturated heterocycles. The van der Waals surface area contributed by atoms with Crippen molar-refractivity contribution in [2.75, 3.05) is 27.2 Å². The van der Waals surface area contributed by atoms with Gasteiger partial charge in [0.1, 0.15) is 0 Å². The second kappa shape index (κ2) is 9.58. The lowest BCUT2D eigenvalue weighted by atomic mass is 10.1. The van der Waals surface area contributed by atoms with Gasteiger partial charge in [-0.25, -0.2) is 4.39 Å². The topological polar surface area (TPSA) is 50.4 Å². The van der Waals surface area contributed by atoms with Crippen LogP contribution in [0.25, 0.3) is 0 Å². The lowest BCUT2D eigenvalue weighted by Crippen LogP contribution is -2.28. The summed E-state index contributed by atoms with van der Waals surface area (Å²) in [5.74, 6) is -0.147. The maximum Gasteiger partial charge on any atom is 0.221 e. The normalized spacial score (nSPS) is 9.63. The Bertz CT molecular complexity index is 402. The van der Waals surface area contributed by atoms with Crippen LogP contribution in [0.5, 0.6) is 5.75 Å². The molecule has 0 aliphatic carbocycles. The van der Waals surface area contributed by atoms with Crippen molar-refractivity contribution in [3.8, 4) is 5.75 Å². The zero-order valence-corrected chi connectivity index (χ0v) is 12.0. The Labute approximate surface area is 119 Å². The van der Waals surface area contributed by atoms with Crippen LogP contribution in [-0.4, -0.2) is 33.2 Å². The van der Waals surface area contributed by atoms with E-state index in [4.69, 9.17) is 4.74 Å². The number of benzene rings is 1. The standard InChI is InChI=1S/C13H19FN2O2.ClH/c1-15-7-6-13(17)16-8-5-10-3-4-12(18-2)11(14)9-10;/h3-4,9,15H,5-8H2,1-2H3,(H,16,17);1H. The molecular formula is C13H20ClFN2O2. The Morgan fingerprint density at radius 1 is 1.37 bits per heavy atom. The zero-order valence-electron chi connectivity index (χ0n) is 11.2. The third kappa shape index (κ3) is 6.40. The molecule has 19 heavy (non-hydrogen) atoms. The van der Waals surface area contributed by atoms with E-state index in [1.165, 1.54) is 13.2 Å². The first-order chi connectivity index (χ1) is 8.67. The van der Waals surface area contributed by atoms with Gasteiger partial charge in [0.05, 0.1) is 7.11 Å². The van der Waals surface area contributed by atoms with Gasteiger partial charge in [-0.2, -0.15) is 0 Å². The minimum absolute atomic E-state index is 0. The van der Waals surface area contributed by atoms with Crippen LogP contribution < -0.4 is 15.4 Å². The Balaban J connectivity index is 0.00000324. The van der Waals surface area contributed by atoms with Crippen LogP contribution in [0, 0.1) is 5.82 Å². The monoisotopic (exact) mass is 290 g/mol. The molecule has 0 spiro atoms. The minimum Gasteiger partial charge on any atom is -0.494 e. The number of methoxy groups -OCH3 is 1. The predicted molar refractivity (Wildman–Crippen MR) is 75.5 cm³/mol. The maximum atomic E-state index is 13.4. The second-order valence-corrected chi connectivity index (χ2v) is 3.92. The summed E-state index contributed by atoms with van der Waals surface area (Å²) in [4.78, 5) is 11.3. The van der Waals surface area contributed by atoms with Crippen LogP contribution in [0.4, 0.5) is 4.39 Å². The van der Waals surface area contributed by atoms with Crippen LogP contribution in [0.1, 0.15) is 12.0 Å². The highest BCUT2D eigenvalue weighted by atomic mass is 35.5. The fourth-order valence-corrected chi connectivity index (χ4v) is 1.54. The molecule has 1 aromatic rings. The number of halogens is 2. The fraction of sp³-hybridized carbons (Fsp3) is 0.462. The van der Waals surface area contributed by atoms with Gasteiger partial charge in [0.25, 0.3) is 0 Å². The van der Waals surface area contributed by atoms with Crippen molar-refractivity contribution in [3.05, 3.63) is 29.6 Å². The summed E-state index contributed by atoms with van der Waals surface area (Å²) in [6.45, 7) is 1.16. The quantitative estimate of drug-likeness (QED) is 0.801. The summed E-state index contributed by atoms with van der Waals surface area (Å²) in [5.41, 5.74) is 0.835. The number of ether oxygens (including phenoxy) is 1. The van der Waals surface area contributed by atoms with Crippen LogP contribution in [0.3, 0.4) is 0 Å². The molecule has 108 valence electrons. The minimum atomic E-state index is -0.378. The molecule has 2 N–H and O–H groups in total. The molecule has 0 heterocycles. The average Bonchev–Trinajstić information content (AvgIpc) is 2.36. The first-order valence-electron chi connectivity index (χ1n) is 5.91. The molecule has 0 saturated carbocycles. The highest BCUT2D eigenvalue weighted by Crippen LogP contribution is 2.17. The summed E-state index contributed by atoms with van der Waals surface area (Å²) in [5, 5.41) is 5.68. The van der Waals surface area contributed by atoms with Crippen molar-refractivity contribution in [1.82, 2.24) is 10.6 Å². The van der Waals surface area contributed by atoms with Crippen LogP contribution in [-0.2, 0) is 11.2 Å². The van der Waals surface area contributed by atoms with Crippen molar-refractivity contribution in [2.45, 2.75) is 12.8 Å². The second-order valence-electron chi connectivity index (χ2n) is 3.92. The van der Waals surface area contributed by atoms with Crippen LogP contribution in [0.2, 0.25) is 0 Å². The predicted octanol–water partition coefficient (Wildman–Crippen LogP) is 1.52. The van der Waals surface area contributed by atoms with Gasteiger partial charge < -0.3 is 15.4 Å². The number of carbonyl (C=O) groups is 1. The lowest BCUT2D eigenvalue weighted by molar-refractivity contribution is -0.120. The van der Waals surface area contributed by atoms with E-state index in [1.807, 2.05) is 0 Å². The summed E-state index contributed by atoms with van der Waals surface area (Å²) in [7, 11) is 3.23. The number of carbonyl (C=O) groups excluding carboxylic acids is 1. The van der Waals surface area contributed by atoms with E-state index in [0.29, 0.717) is 25.9 Å². The first kappa shape index (κ1) is 17.7. The average molecular weight is 291 g/mol. The molecule has 0 aliphatic rings. The molecule has 0 unspecified atom stereocenters. The summed E-state index contributed by atoms with van der Waals surface area (Å²) < 4.78 is 18.2. The largest absolute Gasteiger partial charge is 0.494 e. The SMILES string of the molecule is CNCCC(=O)NCCc1ccc(OC)c(F)c1.Cl. The van der Waals surface area contributed by atoms with Crippen molar-refractivity contribution in [1.29, 1.82) is 0 Å². The maximum absolute atomic E-state index is 13.4. The number of hydrogen-bond acceptors (Lipinski definition) is 3. The van der Waals surface area contributed by atoms with Crippen LogP contribution >= 0.6 is 12.4 Å². The summed E-state index contributed by atoms with van der Waals surface area (Å²) in [6, 6.07) is 4.81. The first-order valence-corrected chi connectivity index (χ1v) is 5.91. The van der Waals surface area contributed by atoms with Gasteiger partial charge in [-0.05, 0) is 31.2 Å². The number of rotatable bonds is 7. The van der Waals surface area contributed by atoms with Crippen molar-refractivity contribution >= 4 is 18.3 Å². The molecule has 1 rings (SSSR count). The Hall–Kier alpha value is -1.33. The van der Waals surface area contributed by atoms with Gasteiger partial charge in [-0.1, -0.05) is 6.07 Å². The molecule has 1 amide bonds. The summed E-state index contributed by atoms with van der Waals surface area (Å²) >= 11 is 0. The molecule has 0 aliphatic heterocycles. The van der Waals surface area contributed by atoms with E-state index in [2.05, 4.69) is 10.6 Å². The highest BCUT2D eigenvalue weighted by Gasteiger charge is 2.04. The van der Waals surface area contributed by atoms with Gasteiger partial charge in [0, 0.05) is 19.5 Å². The van der Waals surface area contributed by atoms with E-state index in [1.54, 1.807) is 19.2 Å². The molecule has 0 aromatic heterocycles.